The highest BCUT2D eigenvalue weighted by molar-refractivity contribution is 9.09. The van der Waals surface area contributed by atoms with Gasteiger partial charge in [0.15, 0.2) is 0 Å². The van der Waals surface area contributed by atoms with Crippen LogP contribution in [0.4, 0.5) is 0 Å². The van der Waals surface area contributed by atoms with Gasteiger partial charge in [0, 0.05) is 23.8 Å². The number of aromatic nitrogens is 1. The van der Waals surface area contributed by atoms with Crippen LogP contribution >= 0.6 is 15.9 Å². The second kappa shape index (κ2) is 5.37. The maximum Gasteiger partial charge on any atom is 0.0705 e. The molecule has 0 N–H and O–H groups in total. The van der Waals surface area contributed by atoms with E-state index in [1.807, 2.05) is 0 Å². The first kappa shape index (κ1) is 12.1. The van der Waals surface area contributed by atoms with Crippen LogP contribution < -0.4 is 0 Å². The van der Waals surface area contributed by atoms with E-state index in [4.69, 9.17) is 4.98 Å². The largest absolute Gasteiger partial charge is 0.297 e. The predicted molar refractivity (Wildman–Crippen MR) is 78.9 cm³/mol. The molecule has 0 spiro atoms. The van der Waals surface area contributed by atoms with Crippen molar-refractivity contribution in [2.45, 2.75) is 13.0 Å². The van der Waals surface area contributed by atoms with Crippen molar-refractivity contribution in [2.75, 3.05) is 18.4 Å². The molecule has 0 aliphatic carbocycles. The molecule has 2 aromatic rings. The number of likely N-dealkylation sites (tertiary alicyclic amines) is 1. The lowest BCUT2D eigenvalue weighted by atomic mass is 10.2. The second-order valence-electron chi connectivity index (χ2n) is 5.04. The number of alkyl halides is 1. The molecule has 0 amide bonds. The van der Waals surface area contributed by atoms with Crippen molar-refractivity contribution in [3.8, 4) is 0 Å². The minimum absolute atomic E-state index is 0.811. The molecule has 3 heteroatoms. The van der Waals surface area contributed by atoms with Crippen LogP contribution in [0.1, 0.15) is 12.1 Å². The lowest BCUT2D eigenvalue weighted by Crippen LogP contribution is -2.21. The van der Waals surface area contributed by atoms with Gasteiger partial charge in [0.25, 0.3) is 0 Å². The molecule has 2 heterocycles. The molecule has 3 rings (SSSR count). The van der Waals surface area contributed by atoms with Crippen molar-refractivity contribution in [3.05, 3.63) is 42.1 Å². The molecule has 94 valence electrons. The highest BCUT2D eigenvalue weighted by Crippen LogP contribution is 2.20. The van der Waals surface area contributed by atoms with E-state index in [-0.39, 0.29) is 0 Å². The molecule has 1 aliphatic heterocycles. The summed E-state index contributed by atoms with van der Waals surface area (Å²) in [5, 5.41) is 2.34. The number of pyridine rings is 1. The van der Waals surface area contributed by atoms with E-state index in [0.717, 1.165) is 23.3 Å². The standard InChI is InChI=1S/C15H17BrN2/c16-9-12-7-8-18(10-12)11-14-6-5-13-3-1-2-4-15(13)17-14/h1-6,12H,7-11H2. The maximum absolute atomic E-state index is 4.74. The number of nitrogens with zero attached hydrogens (tertiary/aromatic N) is 2. The van der Waals surface area contributed by atoms with Crippen LogP contribution in [0.15, 0.2) is 36.4 Å². The smallest absolute Gasteiger partial charge is 0.0705 e. The van der Waals surface area contributed by atoms with Gasteiger partial charge in [-0.15, -0.1) is 0 Å². The van der Waals surface area contributed by atoms with Gasteiger partial charge in [-0.3, -0.25) is 9.88 Å². The molecule has 1 saturated heterocycles. The van der Waals surface area contributed by atoms with E-state index in [1.54, 1.807) is 0 Å². The van der Waals surface area contributed by atoms with Crippen molar-refractivity contribution in [2.24, 2.45) is 5.92 Å². The van der Waals surface area contributed by atoms with Crippen molar-refractivity contribution >= 4 is 26.8 Å². The van der Waals surface area contributed by atoms with Crippen LogP contribution in [-0.2, 0) is 6.54 Å². The Hall–Kier alpha value is -0.930. The van der Waals surface area contributed by atoms with Crippen LogP contribution in [0.25, 0.3) is 10.9 Å². The van der Waals surface area contributed by atoms with E-state index < -0.39 is 0 Å². The number of para-hydroxylation sites is 1. The zero-order valence-electron chi connectivity index (χ0n) is 10.3. The van der Waals surface area contributed by atoms with E-state index in [9.17, 15) is 0 Å². The van der Waals surface area contributed by atoms with Crippen LogP contribution in [0.2, 0.25) is 0 Å². The predicted octanol–water partition coefficient (Wildman–Crippen LogP) is 3.45. The maximum atomic E-state index is 4.74. The Morgan fingerprint density at radius 2 is 2.11 bits per heavy atom. The molecule has 18 heavy (non-hydrogen) atoms. The van der Waals surface area contributed by atoms with Crippen LogP contribution in [0.5, 0.6) is 0 Å². The minimum Gasteiger partial charge on any atom is -0.297 e. The van der Waals surface area contributed by atoms with E-state index in [0.29, 0.717) is 0 Å². The quantitative estimate of drug-likeness (QED) is 0.808. The van der Waals surface area contributed by atoms with Gasteiger partial charge in [0.1, 0.15) is 0 Å². The Labute approximate surface area is 116 Å². The number of halogens is 1. The topological polar surface area (TPSA) is 16.1 Å². The van der Waals surface area contributed by atoms with Crippen LogP contribution in [0.3, 0.4) is 0 Å². The van der Waals surface area contributed by atoms with E-state index in [2.05, 4.69) is 57.2 Å². The van der Waals surface area contributed by atoms with Crippen LogP contribution in [-0.4, -0.2) is 28.3 Å². The Morgan fingerprint density at radius 1 is 1.22 bits per heavy atom. The summed E-state index contributed by atoms with van der Waals surface area (Å²) in [6.07, 6.45) is 1.30. The number of fused-ring (bicyclic) bond motifs is 1. The molecule has 1 aliphatic rings. The van der Waals surface area contributed by atoms with E-state index in [1.165, 1.54) is 30.6 Å². The summed E-state index contributed by atoms with van der Waals surface area (Å²) in [6.45, 7) is 3.37. The summed E-state index contributed by atoms with van der Waals surface area (Å²) in [5.41, 5.74) is 2.29. The van der Waals surface area contributed by atoms with Gasteiger partial charge >= 0.3 is 0 Å². The molecule has 1 aromatic heterocycles. The van der Waals surface area contributed by atoms with Gasteiger partial charge < -0.3 is 0 Å². The third-order valence-corrected chi connectivity index (χ3v) is 4.55. The van der Waals surface area contributed by atoms with Gasteiger partial charge in [-0.2, -0.15) is 0 Å². The van der Waals surface area contributed by atoms with Crippen molar-refractivity contribution in [3.63, 3.8) is 0 Å². The molecule has 1 unspecified atom stereocenters. The molecule has 0 radical (unpaired) electrons. The highest BCUT2D eigenvalue weighted by Gasteiger charge is 2.21. The van der Waals surface area contributed by atoms with Crippen LogP contribution in [0, 0.1) is 5.92 Å². The molecule has 1 fully saturated rings. The highest BCUT2D eigenvalue weighted by atomic mass is 79.9. The molecular formula is C15H17BrN2. The monoisotopic (exact) mass is 304 g/mol. The number of hydrogen-bond donors (Lipinski definition) is 0. The first-order chi connectivity index (χ1) is 8.85. The van der Waals surface area contributed by atoms with Crippen molar-refractivity contribution in [1.29, 1.82) is 0 Å². The van der Waals surface area contributed by atoms with E-state index >= 15 is 0 Å². The third kappa shape index (κ3) is 2.57. The fourth-order valence-corrected chi connectivity index (χ4v) is 3.14. The van der Waals surface area contributed by atoms with Gasteiger partial charge in [0.2, 0.25) is 0 Å². The van der Waals surface area contributed by atoms with Gasteiger partial charge in [-0.25, -0.2) is 0 Å². The fourth-order valence-electron chi connectivity index (χ4n) is 2.61. The molecular weight excluding hydrogens is 288 g/mol. The third-order valence-electron chi connectivity index (χ3n) is 3.63. The summed E-state index contributed by atoms with van der Waals surface area (Å²) in [6, 6.07) is 12.6. The van der Waals surface area contributed by atoms with Crippen molar-refractivity contribution in [1.82, 2.24) is 9.88 Å². The average Bonchev–Trinajstić information content (AvgIpc) is 2.86. The summed E-state index contributed by atoms with van der Waals surface area (Å²) in [4.78, 5) is 7.24. The first-order valence-corrected chi connectivity index (χ1v) is 7.60. The van der Waals surface area contributed by atoms with Crippen molar-refractivity contribution < 1.29 is 0 Å². The average molecular weight is 305 g/mol. The SMILES string of the molecule is BrCC1CCN(Cc2ccc3ccccc3n2)C1. The molecule has 0 bridgehead atoms. The lowest BCUT2D eigenvalue weighted by molar-refractivity contribution is 0.317. The summed E-state index contributed by atoms with van der Waals surface area (Å²) < 4.78 is 0. The summed E-state index contributed by atoms with van der Waals surface area (Å²) in [5.74, 6) is 0.811. The second-order valence-corrected chi connectivity index (χ2v) is 5.69. The zero-order valence-corrected chi connectivity index (χ0v) is 11.9. The van der Waals surface area contributed by atoms with Gasteiger partial charge in [-0.05, 0) is 31.0 Å². The number of rotatable bonds is 3. The molecule has 0 saturated carbocycles. The minimum atomic E-state index is 0.811. The van der Waals surface area contributed by atoms with Gasteiger partial charge in [0.05, 0.1) is 11.2 Å². The Balaban J connectivity index is 1.75. The normalized spacial score (nSPS) is 20.6. The number of hydrogen-bond acceptors (Lipinski definition) is 2. The lowest BCUT2D eigenvalue weighted by Gasteiger charge is -2.15. The number of benzene rings is 1. The summed E-state index contributed by atoms with van der Waals surface area (Å²) in [7, 11) is 0. The Morgan fingerprint density at radius 3 is 2.94 bits per heavy atom. The molecule has 1 atom stereocenters. The fraction of sp³-hybridized carbons (Fsp3) is 0.400. The Bertz CT molecular complexity index is 541. The summed E-state index contributed by atoms with van der Waals surface area (Å²) >= 11 is 3.58. The molecule has 1 aromatic carbocycles. The zero-order chi connectivity index (χ0) is 12.4. The molecule has 2 nitrogen and oxygen atoms in total. The Kier molecular flexibility index (Phi) is 3.62. The van der Waals surface area contributed by atoms with Gasteiger partial charge in [-0.1, -0.05) is 40.2 Å². The first-order valence-electron chi connectivity index (χ1n) is 6.48.